The van der Waals surface area contributed by atoms with Gasteiger partial charge in [0.1, 0.15) is 11.3 Å². The molecule has 0 atom stereocenters. The summed E-state index contributed by atoms with van der Waals surface area (Å²) in [6.07, 6.45) is -0.814. The molecule has 0 N–H and O–H groups in total. The molecule has 2 aromatic heterocycles. The average Bonchev–Trinajstić information content (AvgIpc) is 3.17. The number of aryl methyl sites for hydroxylation is 4. The molecule has 35 heavy (non-hydrogen) atoms. The van der Waals surface area contributed by atoms with Gasteiger partial charge in [0.15, 0.2) is 11.7 Å². The third kappa shape index (κ3) is 4.77. The summed E-state index contributed by atoms with van der Waals surface area (Å²) in [5, 5.41) is 11.7. The zero-order valence-corrected chi connectivity index (χ0v) is 21.0. The number of carbonyl (C=O) groups is 1. The quantitative estimate of drug-likeness (QED) is 0.392. The Morgan fingerprint density at radius 1 is 1.00 bits per heavy atom. The van der Waals surface area contributed by atoms with Crippen LogP contribution in [0.15, 0.2) is 59.5 Å². The third-order valence-corrected chi connectivity index (χ3v) is 7.85. The molecule has 0 saturated carbocycles. The summed E-state index contributed by atoms with van der Waals surface area (Å²) < 4.78 is 28.1. The summed E-state index contributed by atoms with van der Waals surface area (Å²) in [6.45, 7) is 7.59. The van der Waals surface area contributed by atoms with Gasteiger partial charge in [-0.05, 0) is 68.7 Å². The topological polar surface area (TPSA) is 108 Å². The lowest BCUT2D eigenvalue weighted by Gasteiger charge is -2.24. The monoisotopic (exact) mass is 491 g/mol. The second kappa shape index (κ2) is 9.50. The number of sulfonamides is 1. The van der Waals surface area contributed by atoms with Crippen LogP contribution in [-0.2, 0) is 22.9 Å². The van der Waals surface area contributed by atoms with Crippen LogP contribution < -0.4 is 5.11 Å². The highest BCUT2D eigenvalue weighted by atomic mass is 32.2. The molecular weight excluding hydrogens is 464 g/mol. The van der Waals surface area contributed by atoms with Crippen molar-refractivity contribution in [3.63, 3.8) is 0 Å². The van der Waals surface area contributed by atoms with Gasteiger partial charge in [0.25, 0.3) is 10.0 Å². The number of imidazole rings is 1. The van der Waals surface area contributed by atoms with Crippen molar-refractivity contribution in [2.24, 2.45) is 0 Å². The van der Waals surface area contributed by atoms with E-state index >= 15 is 0 Å². The molecule has 9 heteroatoms. The number of rotatable bonds is 7. The van der Waals surface area contributed by atoms with Crippen molar-refractivity contribution in [2.45, 2.75) is 45.4 Å². The normalized spacial score (nSPS) is 11.7. The highest BCUT2D eigenvalue weighted by molar-refractivity contribution is 7.89. The third-order valence-electron chi connectivity index (χ3n) is 6.07. The van der Waals surface area contributed by atoms with E-state index < -0.39 is 16.1 Å². The largest absolute Gasteiger partial charge is 0.529 e. The molecule has 0 aliphatic rings. The van der Waals surface area contributed by atoms with Crippen LogP contribution in [0, 0.1) is 20.8 Å². The van der Waals surface area contributed by atoms with Crippen LogP contribution >= 0.6 is 0 Å². The van der Waals surface area contributed by atoms with Gasteiger partial charge in [-0.1, -0.05) is 36.8 Å². The molecule has 4 aromatic rings. The Balaban J connectivity index is 1.58. The predicted octanol–water partition coefficient (Wildman–Crippen LogP) is 3.48. The first-order chi connectivity index (χ1) is 16.6. The fourth-order valence-electron chi connectivity index (χ4n) is 3.93. The van der Waals surface area contributed by atoms with Gasteiger partial charge in [0.05, 0.1) is 4.90 Å². The number of amides is 1. The summed E-state index contributed by atoms with van der Waals surface area (Å²) in [5.74, 6) is 0.887. The van der Waals surface area contributed by atoms with E-state index in [2.05, 4.69) is 0 Å². The van der Waals surface area contributed by atoms with Crippen molar-refractivity contribution < 1.29 is 18.3 Å². The van der Waals surface area contributed by atoms with Gasteiger partial charge >= 0.3 is 0 Å². The SMILES string of the molecule is CCc1nc2cc(C)c(C)nc2n1-c1ccc(CCN(C(=O)[O-])S(=O)(=O)c2ccc(C)cc2)cc1. The van der Waals surface area contributed by atoms with Crippen molar-refractivity contribution in [2.75, 3.05) is 6.54 Å². The number of hydrogen-bond acceptors (Lipinski definition) is 6. The van der Waals surface area contributed by atoms with E-state index in [1.54, 1.807) is 12.1 Å². The smallest absolute Gasteiger partial charge is 0.265 e. The Morgan fingerprint density at radius 2 is 1.66 bits per heavy atom. The van der Waals surface area contributed by atoms with Gasteiger partial charge < -0.3 is 9.90 Å². The molecule has 0 aliphatic carbocycles. The second-order valence-corrected chi connectivity index (χ2v) is 10.4. The van der Waals surface area contributed by atoms with Crippen LogP contribution in [-0.4, -0.2) is 39.9 Å². The molecule has 2 aromatic carbocycles. The number of pyridine rings is 1. The molecule has 0 fully saturated rings. The van der Waals surface area contributed by atoms with Gasteiger partial charge in [-0.2, -0.15) is 0 Å². The van der Waals surface area contributed by atoms with Crippen molar-refractivity contribution in [3.05, 3.63) is 82.8 Å². The first-order valence-electron chi connectivity index (χ1n) is 11.4. The van der Waals surface area contributed by atoms with Crippen LogP contribution in [0.4, 0.5) is 4.79 Å². The molecule has 4 rings (SSSR count). The number of aromatic nitrogens is 3. The maximum absolute atomic E-state index is 12.9. The lowest BCUT2D eigenvalue weighted by molar-refractivity contribution is -0.259. The lowest BCUT2D eigenvalue weighted by atomic mass is 10.1. The Kier molecular flexibility index (Phi) is 6.62. The van der Waals surface area contributed by atoms with Crippen LogP contribution in [0.1, 0.15) is 35.1 Å². The summed E-state index contributed by atoms with van der Waals surface area (Å²) in [4.78, 5) is 21.1. The molecule has 182 valence electrons. The number of carbonyl (C=O) groups excluding carboxylic acids is 1. The van der Waals surface area contributed by atoms with E-state index in [0.29, 0.717) is 4.31 Å². The van der Waals surface area contributed by atoms with Gasteiger partial charge in [-0.3, -0.25) is 8.87 Å². The molecule has 0 aliphatic heterocycles. The molecule has 0 bridgehead atoms. The van der Waals surface area contributed by atoms with Gasteiger partial charge in [0, 0.05) is 24.3 Å². The van der Waals surface area contributed by atoms with Crippen molar-refractivity contribution >= 4 is 27.3 Å². The van der Waals surface area contributed by atoms with Crippen LogP contribution in [0.25, 0.3) is 16.9 Å². The maximum atomic E-state index is 12.9. The van der Waals surface area contributed by atoms with Gasteiger partial charge in [-0.25, -0.2) is 18.4 Å². The number of nitrogens with zero attached hydrogens (tertiary/aromatic N) is 4. The number of benzene rings is 2. The summed E-state index contributed by atoms with van der Waals surface area (Å²) in [5.41, 5.74) is 6.19. The van der Waals surface area contributed by atoms with Gasteiger partial charge in [0.2, 0.25) is 0 Å². The lowest BCUT2D eigenvalue weighted by Crippen LogP contribution is -2.45. The Bertz CT molecular complexity index is 1490. The minimum atomic E-state index is -4.22. The van der Waals surface area contributed by atoms with Gasteiger partial charge in [-0.15, -0.1) is 0 Å². The fourth-order valence-corrected chi connectivity index (χ4v) is 5.20. The van der Waals surface area contributed by atoms with E-state index in [1.807, 2.05) is 62.6 Å². The number of fused-ring (bicyclic) bond motifs is 1. The zero-order chi connectivity index (χ0) is 25.3. The van der Waals surface area contributed by atoms with E-state index in [1.165, 1.54) is 12.1 Å². The molecule has 0 unspecified atom stereocenters. The number of carboxylic acid groups (broad SMARTS) is 1. The standard InChI is InChI=1S/C26H28N4O4S/c1-5-24-28-23-16-18(3)19(4)27-25(23)30(24)21-10-8-20(9-11-21)14-15-29(26(31)32)35(33,34)22-12-6-17(2)7-13-22/h6-13,16H,5,14-15H2,1-4H3,(H,31,32)/p-1. The molecule has 0 spiro atoms. The van der Waals surface area contributed by atoms with Crippen molar-refractivity contribution in [3.8, 4) is 5.69 Å². The highest BCUT2D eigenvalue weighted by Gasteiger charge is 2.24. The Hall–Kier alpha value is -3.72. The van der Waals surface area contributed by atoms with E-state index in [0.717, 1.165) is 51.5 Å². The summed E-state index contributed by atoms with van der Waals surface area (Å²) in [6, 6.07) is 15.6. The van der Waals surface area contributed by atoms with Crippen molar-refractivity contribution in [1.29, 1.82) is 0 Å². The van der Waals surface area contributed by atoms with Crippen LogP contribution in [0.5, 0.6) is 0 Å². The minimum Gasteiger partial charge on any atom is -0.529 e. The molecule has 0 saturated heterocycles. The van der Waals surface area contributed by atoms with Crippen LogP contribution in [0.3, 0.4) is 0 Å². The maximum Gasteiger partial charge on any atom is 0.265 e. The highest BCUT2D eigenvalue weighted by Crippen LogP contribution is 2.23. The van der Waals surface area contributed by atoms with E-state index in [-0.39, 0.29) is 17.9 Å². The first kappa shape index (κ1) is 24.4. The molecule has 8 nitrogen and oxygen atoms in total. The zero-order valence-electron chi connectivity index (χ0n) is 20.1. The summed E-state index contributed by atoms with van der Waals surface area (Å²) in [7, 11) is -4.22. The minimum absolute atomic E-state index is 0.0836. The van der Waals surface area contributed by atoms with Crippen LogP contribution in [0.2, 0.25) is 0 Å². The molecule has 1 amide bonds. The number of hydrogen-bond donors (Lipinski definition) is 0. The second-order valence-electron chi connectivity index (χ2n) is 8.52. The predicted molar refractivity (Wildman–Crippen MR) is 132 cm³/mol. The average molecular weight is 492 g/mol. The Labute approximate surface area is 204 Å². The Morgan fingerprint density at radius 3 is 2.26 bits per heavy atom. The summed E-state index contributed by atoms with van der Waals surface area (Å²) >= 11 is 0. The van der Waals surface area contributed by atoms with E-state index in [4.69, 9.17) is 9.97 Å². The fraction of sp³-hybridized carbons (Fsp3) is 0.269. The molecule has 2 heterocycles. The first-order valence-corrected chi connectivity index (χ1v) is 12.8. The molecule has 0 radical (unpaired) electrons. The van der Waals surface area contributed by atoms with Crippen molar-refractivity contribution in [1.82, 2.24) is 18.8 Å². The van der Waals surface area contributed by atoms with E-state index in [9.17, 15) is 18.3 Å². The molecular formula is C26H27N4O4S-.